The second-order valence-electron chi connectivity index (χ2n) is 5.50. The van der Waals surface area contributed by atoms with Crippen molar-refractivity contribution in [2.45, 2.75) is 25.4 Å². The zero-order chi connectivity index (χ0) is 19.2. The summed E-state index contributed by atoms with van der Waals surface area (Å²) in [6.45, 7) is 3.89. The lowest BCUT2D eigenvalue weighted by Gasteiger charge is -2.00. The number of amides is 1. The molecule has 0 aromatic carbocycles. The summed E-state index contributed by atoms with van der Waals surface area (Å²) in [6.07, 6.45) is 0.697. The van der Waals surface area contributed by atoms with Crippen molar-refractivity contribution < 1.29 is 14.3 Å². The quantitative estimate of drug-likeness (QED) is 0.424. The molecule has 0 fully saturated rings. The average molecular weight is 423 g/mol. The Morgan fingerprint density at radius 2 is 2.26 bits per heavy atom. The minimum atomic E-state index is -0.367. The Morgan fingerprint density at radius 3 is 3.00 bits per heavy atom. The monoisotopic (exact) mass is 422 g/mol. The maximum atomic E-state index is 12.2. The number of ether oxygens (including phenoxy) is 1. The van der Waals surface area contributed by atoms with Crippen LogP contribution in [0.3, 0.4) is 0 Å². The molecule has 2 N–H and O–H groups in total. The van der Waals surface area contributed by atoms with Crippen LogP contribution in [-0.4, -0.2) is 39.4 Å². The highest BCUT2D eigenvalue weighted by Crippen LogP contribution is 2.27. The molecule has 7 nitrogen and oxygen atoms in total. The van der Waals surface area contributed by atoms with Gasteiger partial charge in [-0.1, -0.05) is 17.8 Å². The molecule has 0 atom stereocenters. The summed E-state index contributed by atoms with van der Waals surface area (Å²) in [4.78, 5) is 30.1. The van der Waals surface area contributed by atoms with E-state index >= 15 is 0 Å². The van der Waals surface area contributed by atoms with Gasteiger partial charge in [0.05, 0.1) is 17.4 Å². The minimum Gasteiger partial charge on any atom is -0.462 e. The molecule has 0 aliphatic carbocycles. The molecule has 3 heterocycles. The normalized spacial score (nSPS) is 10.7. The number of nitrogens with one attached hydrogen (secondary N) is 2. The van der Waals surface area contributed by atoms with E-state index in [4.69, 9.17) is 4.74 Å². The van der Waals surface area contributed by atoms with E-state index < -0.39 is 0 Å². The van der Waals surface area contributed by atoms with E-state index in [1.165, 1.54) is 28.0 Å². The summed E-state index contributed by atoms with van der Waals surface area (Å²) in [6, 6.07) is 5.81. The largest absolute Gasteiger partial charge is 0.462 e. The highest BCUT2D eigenvalue weighted by atomic mass is 32.2. The summed E-state index contributed by atoms with van der Waals surface area (Å²) in [7, 11) is 0. The summed E-state index contributed by atoms with van der Waals surface area (Å²) in [5.41, 5.74) is 0.786. The van der Waals surface area contributed by atoms with E-state index in [0.717, 1.165) is 11.4 Å². The maximum absolute atomic E-state index is 12.2. The highest BCUT2D eigenvalue weighted by molar-refractivity contribution is 7.99. The first-order chi connectivity index (χ1) is 13.0. The standard InChI is InChI=1S/C17H18N4O3S3/c1-3-24-16(23)15-10(2)7-14(27-15)19-13(22)9-26-17-18-12(20-21-17)8-11-5-4-6-25-11/h4-7H,3,8-9H2,1-2H3,(H,19,22)(H,18,20,21). The minimum absolute atomic E-state index is 0.179. The molecule has 3 aromatic rings. The van der Waals surface area contributed by atoms with Crippen LogP contribution in [0.25, 0.3) is 0 Å². The maximum Gasteiger partial charge on any atom is 0.348 e. The van der Waals surface area contributed by atoms with E-state index in [1.54, 1.807) is 24.3 Å². The van der Waals surface area contributed by atoms with E-state index in [-0.39, 0.29) is 17.6 Å². The zero-order valence-corrected chi connectivity index (χ0v) is 17.2. The number of hydrogen-bond acceptors (Lipinski definition) is 8. The Hall–Kier alpha value is -2.17. The van der Waals surface area contributed by atoms with Gasteiger partial charge in [-0.15, -0.1) is 27.8 Å². The van der Waals surface area contributed by atoms with Gasteiger partial charge in [0.1, 0.15) is 10.7 Å². The molecule has 0 aliphatic heterocycles. The first kappa shape index (κ1) is 19.6. The predicted octanol–water partition coefficient (Wildman–Crippen LogP) is 3.73. The van der Waals surface area contributed by atoms with Crippen molar-refractivity contribution in [3.63, 3.8) is 0 Å². The number of carbonyl (C=O) groups excluding carboxylic acids is 2. The molecular formula is C17H18N4O3S3. The molecule has 3 rings (SSSR count). The van der Waals surface area contributed by atoms with Crippen molar-refractivity contribution in [3.05, 3.63) is 44.7 Å². The van der Waals surface area contributed by atoms with Crippen molar-refractivity contribution in [1.82, 2.24) is 15.2 Å². The highest BCUT2D eigenvalue weighted by Gasteiger charge is 2.16. The summed E-state index contributed by atoms with van der Waals surface area (Å²) >= 11 is 4.13. The van der Waals surface area contributed by atoms with Gasteiger partial charge in [-0.25, -0.2) is 9.78 Å². The van der Waals surface area contributed by atoms with Crippen LogP contribution in [0, 0.1) is 6.92 Å². The lowest BCUT2D eigenvalue weighted by molar-refractivity contribution is -0.113. The van der Waals surface area contributed by atoms with Crippen LogP contribution in [0.5, 0.6) is 0 Å². The molecule has 0 bridgehead atoms. The second-order valence-corrected chi connectivity index (χ2v) is 8.53. The SMILES string of the molecule is CCOC(=O)c1sc(NC(=O)CSc2n[nH]c(Cc3cccs3)n2)cc1C. The number of hydrogen-bond donors (Lipinski definition) is 2. The number of anilines is 1. The van der Waals surface area contributed by atoms with Gasteiger partial charge in [-0.05, 0) is 36.9 Å². The van der Waals surface area contributed by atoms with Gasteiger partial charge in [-0.2, -0.15) is 0 Å². The molecule has 27 heavy (non-hydrogen) atoms. The molecule has 0 saturated heterocycles. The molecule has 10 heteroatoms. The number of aromatic nitrogens is 3. The molecule has 0 aliphatic rings. The van der Waals surface area contributed by atoms with Gasteiger partial charge >= 0.3 is 5.97 Å². The number of H-pyrrole nitrogens is 1. The van der Waals surface area contributed by atoms with Crippen LogP contribution >= 0.6 is 34.4 Å². The van der Waals surface area contributed by atoms with Crippen LogP contribution in [0.2, 0.25) is 0 Å². The molecule has 1 amide bonds. The van der Waals surface area contributed by atoms with Crippen LogP contribution < -0.4 is 5.32 Å². The van der Waals surface area contributed by atoms with Crippen molar-refractivity contribution in [2.75, 3.05) is 17.7 Å². The Balaban J connectivity index is 1.51. The fourth-order valence-electron chi connectivity index (χ4n) is 2.25. The molecular weight excluding hydrogens is 404 g/mol. The van der Waals surface area contributed by atoms with Crippen LogP contribution in [0.4, 0.5) is 5.00 Å². The Kier molecular flexibility index (Phi) is 6.64. The third kappa shape index (κ3) is 5.41. The Morgan fingerprint density at radius 1 is 1.41 bits per heavy atom. The van der Waals surface area contributed by atoms with E-state index in [0.29, 0.717) is 28.1 Å². The fourth-order valence-corrected chi connectivity index (χ4v) is 4.56. The first-order valence-electron chi connectivity index (χ1n) is 8.19. The topological polar surface area (TPSA) is 97.0 Å². The van der Waals surface area contributed by atoms with Gasteiger partial charge in [0, 0.05) is 11.3 Å². The summed E-state index contributed by atoms with van der Waals surface area (Å²) in [5.74, 6) is 0.408. The van der Waals surface area contributed by atoms with Gasteiger partial charge in [-0.3, -0.25) is 9.89 Å². The van der Waals surface area contributed by atoms with Crippen LogP contribution in [0.15, 0.2) is 28.7 Å². The summed E-state index contributed by atoms with van der Waals surface area (Å²) < 4.78 is 5.01. The van der Waals surface area contributed by atoms with E-state index in [2.05, 4.69) is 20.5 Å². The van der Waals surface area contributed by atoms with Crippen molar-refractivity contribution in [3.8, 4) is 0 Å². The van der Waals surface area contributed by atoms with E-state index in [9.17, 15) is 9.59 Å². The second kappa shape index (κ2) is 9.16. The predicted molar refractivity (Wildman–Crippen MR) is 108 cm³/mol. The van der Waals surface area contributed by atoms with E-state index in [1.807, 2.05) is 24.4 Å². The lowest BCUT2D eigenvalue weighted by Crippen LogP contribution is -2.13. The number of esters is 1. The third-order valence-corrected chi connectivity index (χ3v) is 6.26. The number of thiophene rings is 2. The smallest absolute Gasteiger partial charge is 0.348 e. The van der Waals surface area contributed by atoms with Crippen molar-refractivity contribution >= 4 is 51.3 Å². The van der Waals surface area contributed by atoms with Crippen molar-refractivity contribution in [1.29, 1.82) is 0 Å². The number of nitrogens with zero attached hydrogens (tertiary/aromatic N) is 2. The number of rotatable bonds is 8. The summed E-state index contributed by atoms with van der Waals surface area (Å²) in [5, 5.41) is 13.0. The molecule has 0 saturated carbocycles. The van der Waals surface area contributed by atoms with Crippen LogP contribution in [0.1, 0.15) is 32.9 Å². The molecule has 142 valence electrons. The number of aryl methyl sites for hydroxylation is 1. The average Bonchev–Trinajstić information content (AvgIpc) is 3.36. The molecule has 0 unspecified atom stereocenters. The van der Waals surface area contributed by atoms with Crippen molar-refractivity contribution in [2.24, 2.45) is 0 Å². The van der Waals surface area contributed by atoms with Gasteiger partial charge < -0.3 is 10.1 Å². The fraction of sp³-hybridized carbons (Fsp3) is 0.294. The number of carbonyl (C=O) groups is 2. The van der Waals surface area contributed by atoms with Gasteiger partial charge in [0.25, 0.3) is 0 Å². The lowest BCUT2D eigenvalue weighted by atomic mass is 10.3. The van der Waals surface area contributed by atoms with Crippen LogP contribution in [-0.2, 0) is 16.0 Å². The number of aromatic amines is 1. The van der Waals surface area contributed by atoms with Gasteiger partial charge in [0.15, 0.2) is 0 Å². The number of thioether (sulfide) groups is 1. The first-order valence-corrected chi connectivity index (χ1v) is 10.9. The van der Waals surface area contributed by atoms with Gasteiger partial charge in [0.2, 0.25) is 11.1 Å². The molecule has 0 radical (unpaired) electrons. The zero-order valence-electron chi connectivity index (χ0n) is 14.8. The third-order valence-electron chi connectivity index (χ3n) is 3.41. The Bertz CT molecular complexity index is 918. The Labute approximate surface area is 168 Å². The molecule has 3 aromatic heterocycles. The molecule has 0 spiro atoms.